The van der Waals surface area contributed by atoms with Gasteiger partial charge in [0.2, 0.25) is 0 Å². The van der Waals surface area contributed by atoms with Crippen molar-refractivity contribution >= 4 is 22.4 Å². The van der Waals surface area contributed by atoms with Crippen LogP contribution in [0.25, 0.3) is 11.3 Å². The van der Waals surface area contributed by atoms with E-state index >= 15 is 0 Å². The highest BCUT2D eigenvalue weighted by Crippen LogP contribution is 2.33. The highest BCUT2D eigenvalue weighted by Gasteiger charge is 2.17. The van der Waals surface area contributed by atoms with Crippen LogP contribution >= 0.6 is 11.3 Å². The van der Waals surface area contributed by atoms with Crippen LogP contribution < -0.4 is 19.5 Å². The van der Waals surface area contributed by atoms with Gasteiger partial charge in [0.25, 0.3) is 5.91 Å². The first-order valence-electron chi connectivity index (χ1n) is 8.05. The van der Waals surface area contributed by atoms with Gasteiger partial charge in [0, 0.05) is 10.9 Å². The quantitative estimate of drug-likeness (QED) is 0.617. The Kier molecular flexibility index (Phi) is 6.05. The summed E-state index contributed by atoms with van der Waals surface area (Å²) >= 11 is 1.21. The molecule has 0 aliphatic rings. The minimum absolute atomic E-state index is 0.00864. The maximum atomic E-state index is 12.5. The van der Waals surface area contributed by atoms with E-state index in [1.54, 1.807) is 30.7 Å². The topological polar surface area (TPSA) is 69.7 Å². The Balaban J connectivity index is 1.79. The molecule has 1 aromatic heterocycles. The van der Waals surface area contributed by atoms with E-state index < -0.39 is 12.5 Å². The van der Waals surface area contributed by atoms with Crippen LogP contribution in [-0.2, 0) is 0 Å². The van der Waals surface area contributed by atoms with E-state index in [9.17, 15) is 13.6 Å². The number of thiazole rings is 1. The van der Waals surface area contributed by atoms with Gasteiger partial charge >= 0.3 is 6.61 Å². The van der Waals surface area contributed by atoms with E-state index in [0.717, 1.165) is 5.56 Å². The molecule has 1 heterocycles. The molecule has 3 rings (SSSR count). The lowest BCUT2D eigenvalue weighted by Crippen LogP contribution is -2.14. The first-order valence-corrected chi connectivity index (χ1v) is 8.93. The minimum Gasteiger partial charge on any atom is -0.493 e. The maximum Gasteiger partial charge on any atom is 0.387 e. The van der Waals surface area contributed by atoms with Crippen LogP contribution in [-0.4, -0.2) is 31.7 Å². The highest BCUT2D eigenvalue weighted by molar-refractivity contribution is 7.14. The third-order valence-corrected chi connectivity index (χ3v) is 4.51. The van der Waals surface area contributed by atoms with Crippen LogP contribution in [0.15, 0.2) is 47.8 Å². The number of carbonyl (C=O) groups excluding carboxylic acids is 1. The van der Waals surface area contributed by atoms with E-state index in [1.165, 1.54) is 36.6 Å². The van der Waals surface area contributed by atoms with E-state index in [-0.39, 0.29) is 11.3 Å². The fraction of sp³-hybridized carbons (Fsp3) is 0.158. The summed E-state index contributed by atoms with van der Waals surface area (Å²) in [7, 11) is 3.08. The van der Waals surface area contributed by atoms with Crippen molar-refractivity contribution in [1.29, 1.82) is 0 Å². The number of benzene rings is 2. The largest absolute Gasteiger partial charge is 0.493 e. The van der Waals surface area contributed by atoms with Crippen LogP contribution in [0.3, 0.4) is 0 Å². The molecule has 0 aliphatic carbocycles. The summed E-state index contributed by atoms with van der Waals surface area (Å²) in [6.07, 6.45) is 0. The summed E-state index contributed by atoms with van der Waals surface area (Å²) in [5, 5.41) is 4.68. The van der Waals surface area contributed by atoms with Gasteiger partial charge < -0.3 is 14.2 Å². The van der Waals surface area contributed by atoms with Crippen molar-refractivity contribution < 1.29 is 27.8 Å². The molecule has 0 saturated carbocycles. The third kappa shape index (κ3) is 4.37. The SMILES string of the molecule is COc1ccc(-c2csc(NC(=O)c3ccccc3OC(F)F)n2)cc1OC. The molecular formula is C19H16F2N2O4S. The van der Waals surface area contributed by atoms with Crippen LogP contribution in [0.1, 0.15) is 10.4 Å². The fourth-order valence-electron chi connectivity index (χ4n) is 2.48. The lowest BCUT2D eigenvalue weighted by molar-refractivity contribution is -0.0501. The van der Waals surface area contributed by atoms with E-state index in [2.05, 4.69) is 15.0 Å². The molecule has 9 heteroatoms. The Morgan fingerprint density at radius 1 is 1.07 bits per heavy atom. The molecule has 0 radical (unpaired) electrons. The zero-order valence-electron chi connectivity index (χ0n) is 14.9. The van der Waals surface area contributed by atoms with Crippen LogP contribution in [0.4, 0.5) is 13.9 Å². The average molecular weight is 406 g/mol. The van der Waals surface area contributed by atoms with Gasteiger partial charge in [0.1, 0.15) is 5.75 Å². The number of hydrogen-bond donors (Lipinski definition) is 1. The summed E-state index contributed by atoms with van der Waals surface area (Å²) in [5.74, 6) is 0.346. The standard InChI is InChI=1S/C19H16F2N2O4S/c1-25-15-8-7-11(9-16(15)26-2)13-10-28-19(22-13)23-17(24)12-5-3-4-6-14(12)27-18(20)21/h3-10,18H,1-2H3,(H,22,23,24). The van der Waals surface area contributed by atoms with Gasteiger partial charge in [-0.25, -0.2) is 4.98 Å². The second-order valence-corrected chi connectivity index (χ2v) is 6.29. The normalized spacial score (nSPS) is 10.6. The molecular weight excluding hydrogens is 390 g/mol. The first kappa shape index (κ1) is 19.6. The number of rotatable bonds is 7. The van der Waals surface area contributed by atoms with Crippen molar-refractivity contribution in [3.8, 4) is 28.5 Å². The van der Waals surface area contributed by atoms with Gasteiger partial charge in [-0.3, -0.25) is 10.1 Å². The van der Waals surface area contributed by atoms with Crippen molar-refractivity contribution in [2.45, 2.75) is 6.61 Å². The second kappa shape index (κ2) is 8.66. The second-order valence-electron chi connectivity index (χ2n) is 5.44. The van der Waals surface area contributed by atoms with Gasteiger partial charge in [-0.2, -0.15) is 8.78 Å². The first-order chi connectivity index (χ1) is 13.5. The molecule has 0 atom stereocenters. The molecule has 6 nitrogen and oxygen atoms in total. The number of para-hydroxylation sites is 1. The predicted molar refractivity (Wildman–Crippen MR) is 102 cm³/mol. The molecule has 28 heavy (non-hydrogen) atoms. The Hall–Kier alpha value is -3.20. The number of carbonyl (C=O) groups is 1. The number of methoxy groups -OCH3 is 2. The number of aromatic nitrogens is 1. The smallest absolute Gasteiger partial charge is 0.387 e. The lowest BCUT2D eigenvalue weighted by Gasteiger charge is -2.09. The zero-order chi connectivity index (χ0) is 20.1. The number of ether oxygens (including phenoxy) is 3. The van der Waals surface area contributed by atoms with Crippen molar-refractivity contribution in [1.82, 2.24) is 4.98 Å². The van der Waals surface area contributed by atoms with Gasteiger partial charge in [-0.15, -0.1) is 11.3 Å². The van der Waals surface area contributed by atoms with Crippen molar-refractivity contribution in [3.63, 3.8) is 0 Å². The Labute approximate surface area is 163 Å². The number of hydrogen-bond acceptors (Lipinski definition) is 6. The Morgan fingerprint density at radius 2 is 1.82 bits per heavy atom. The molecule has 0 aliphatic heterocycles. The van der Waals surface area contributed by atoms with Gasteiger partial charge in [0.05, 0.1) is 25.5 Å². The summed E-state index contributed by atoms with van der Waals surface area (Å²) in [6, 6.07) is 11.1. The number of amides is 1. The zero-order valence-corrected chi connectivity index (χ0v) is 15.8. The van der Waals surface area contributed by atoms with E-state index in [4.69, 9.17) is 9.47 Å². The molecule has 0 spiro atoms. The van der Waals surface area contributed by atoms with Gasteiger partial charge in [-0.1, -0.05) is 12.1 Å². The number of nitrogens with zero attached hydrogens (tertiary/aromatic N) is 1. The molecule has 0 saturated heterocycles. The molecule has 1 N–H and O–H groups in total. The lowest BCUT2D eigenvalue weighted by atomic mass is 10.1. The van der Waals surface area contributed by atoms with Gasteiger partial charge in [0.15, 0.2) is 16.6 Å². The van der Waals surface area contributed by atoms with Crippen LogP contribution in [0.2, 0.25) is 0 Å². The van der Waals surface area contributed by atoms with Gasteiger partial charge in [-0.05, 0) is 30.3 Å². The summed E-state index contributed by atoms with van der Waals surface area (Å²) in [6.45, 7) is -3.02. The Bertz CT molecular complexity index is 978. The summed E-state index contributed by atoms with van der Waals surface area (Å²) in [5.41, 5.74) is 1.39. The Morgan fingerprint density at radius 3 is 2.54 bits per heavy atom. The molecule has 3 aromatic rings. The monoisotopic (exact) mass is 406 g/mol. The van der Waals surface area contributed by atoms with Crippen LogP contribution in [0, 0.1) is 0 Å². The summed E-state index contributed by atoms with van der Waals surface area (Å²) in [4.78, 5) is 16.8. The number of anilines is 1. The predicted octanol–water partition coefficient (Wildman–Crippen LogP) is 4.68. The third-order valence-electron chi connectivity index (χ3n) is 3.75. The number of nitrogens with one attached hydrogen (secondary N) is 1. The molecule has 146 valence electrons. The molecule has 0 bridgehead atoms. The maximum absolute atomic E-state index is 12.5. The number of alkyl halides is 2. The highest BCUT2D eigenvalue weighted by atomic mass is 32.1. The van der Waals surface area contributed by atoms with Crippen LogP contribution in [0.5, 0.6) is 17.2 Å². The van der Waals surface area contributed by atoms with Crippen molar-refractivity contribution in [2.75, 3.05) is 19.5 Å². The van der Waals surface area contributed by atoms with Crippen molar-refractivity contribution in [2.24, 2.45) is 0 Å². The fourth-order valence-corrected chi connectivity index (χ4v) is 3.19. The molecule has 1 amide bonds. The minimum atomic E-state index is -3.02. The van der Waals surface area contributed by atoms with Crippen molar-refractivity contribution in [3.05, 3.63) is 53.4 Å². The number of halogens is 2. The van der Waals surface area contributed by atoms with E-state index in [1.807, 2.05) is 6.07 Å². The molecule has 2 aromatic carbocycles. The molecule has 0 fully saturated rings. The van der Waals surface area contributed by atoms with E-state index in [0.29, 0.717) is 22.3 Å². The summed E-state index contributed by atoms with van der Waals surface area (Å²) < 4.78 is 39.9. The molecule has 0 unspecified atom stereocenters. The average Bonchev–Trinajstić information content (AvgIpc) is 3.15.